The predicted molar refractivity (Wildman–Crippen MR) is 82.8 cm³/mol. The molecule has 0 bridgehead atoms. The summed E-state index contributed by atoms with van der Waals surface area (Å²) in [6.07, 6.45) is 1.20. The minimum Gasteiger partial charge on any atom is -0.494 e. The summed E-state index contributed by atoms with van der Waals surface area (Å²) >= 11 is 9.78. The van der Waals surface area contributed by atoms with Gasteiger partial charge in [0.1, 0.15) is 5.75 Å². The Morgan fingerprint density at radius 3 is 2.42 bits per heavy atom. The van der Waals surface area contributed by atoms with Gasteiger partial charge in [-0.1, -0.05) is 22.0 Å². The van der Waals surface area contributed by atoms with E-state index in [0.717, 1.165) is 15.8 Å². The second-order valence-electron chi connectivity index (χ2n) is 4.85. The van der Waals surface area contributed by atoms with Crippen molar-refractivity contribution < 1.29 is 13.2 Å². The zero-order valence-electron chi connectivity index (χ0n) is 11.4. The lowest BCUT2D eigenvalue weighted by Crippen LogP contribution is -2.35. The van der Waals surface area contributed by atoms with Crippen LogP contribution in [-0.4, -0.2) is 26.0 Å². The SMILES string of the molecule is CCOc1ccc(C(Cl)C(C)(C)S(C)(=O)=O)c(Br)c1. The normalized spacial score (nSPS) is 14.2. The number of alkyl halides is 1. The largest absolute Gasteiger partial charge is 0.494 e. The first kappa shape index (κ1) is 16.8. The Labute approximate surface area is 128 Å². The summed E-state index contributed by atoms with van der Waals surface area (Å²) in [4.78, 5) is 0. The van der Waals surface area contributed by atoms with Crippen LogP contribution in [0.4, 0.5) is 0 Å². The number of hydrogen-bond acceptors (Lipinski definition) is 3. The van der Waals surface area contributed by atoms with Crippen LogP contribution in [0.15, 0.2) is 22.7 Å². The summed E-state index contributed by atoms with van der Waals surface area (Å²) in [5, 5.41) is -0.646. The van der Waals surface area contributed by atoms with Gasteiger partial charge in [-0.25, -0.2) is 8.42 Å². The smallest absolute Gasteiger partial charge is 0.154 e. The average Bonchev–Trinajstić information content (AvgIpc) is 2.27. The van der Waals surface area contributed by atoms with E-state index in [1.165, 1.54) is 6.26 Å². The highest BCUT2D eigenvalue weighted by Crippen LogP contribution is 2.41. The fourth-order valence-electron chi connectivity index (χ4n) is 1.53. The Morgan fingerprint density at radius 1 is 1.42 bits per heavy atom. The van der Waals surface area contributed by atoms with Crippen molar-refractivity contribution in [2.45, 2.75) is 30.9 Å². The first-order valence-corrected chi connectivity index (χ1v) is 8.99. The van der Waals surface area contributed by atoms with Gasteiger partial charge in [-0.05, 0) is 38.5 Å². The van der Waals surface area contributed by atoms with E-state index in [1.807, 2.05) is 6.92 Å². The quantitative estimate of drug-likeness (QED) is 0.738. The maximum atomic E-state index is 11.8. The zero-order chi connectivity index (χ0) is 14.8. The Balaban J connectivity index is 3.17. The Hall–Kier alpha value is -0.260. The number of benzene rings is 1. The fourth-order valence-corrected chi connectivity index (χ4v) is 3.43. The highest BCUT2D eigenvalue weighted by Gasteiger charge is 2.39. The van der Waals surface area contributed by atoms with Crippen molar-refractivity contribution in [3.8, 4) is 5.75 Å². The van der Waals surface area contributed by atoms with Gasteiger partial charge in [-0.15, -0.1) is 11.6 Å². The molecular weight excluding hydrogens is 352 g/mol. The molecule has 1 aromatic carbocycles. The highest BCUT2D eigenvalue weighted by molar-refractivity contribution is 9.10. The van der Waals surface area contributed by atoms with Crippen LogP contribution in [0.2, 0.25) is 0 Å². The fraction of sp³-hybridized carbons (Fsp3) is 0.538. The lowest BCUT2D eigenvalue weighted by Gasteiger charge is -2.29. The van der Waals surface area contributed by atoms with Gasteiger partial charge in [0.05, 0.1) is 16.7 Å². The van der Waals surface area contributed by atoms with E-state index in [9.17, 15) is 8.42 Å². The first-order valence-electron chi connectivity index (χ1n) is 5.87. The molecule has 0 aliphatic heterocycles. The molecule has 3 nitrogen and oxygen atoms in total. The molecule has 108 valence electrons. The van der Waals surface area contributed by atoms with E-state index in [1.54, 1.807) is 32.0 Å². The maximum absolute atomic E-state index is 11.8. The van der Waals surface area contributed by atoms with Crippen LogP contribution < -0.4 is 4.74 Å². The molecule has 0 amide bonds. The van der Waals surface area contributed by atoms with E-state index in [0.29, 0.717) is 6.61 Å². The molecule has 0 aliphatic carbocycles. The minimum absolute atomic E-state index is 0.574. The van der Waals surface area contributed by atoms with Crippen molar-refractivity contribution >= 4 is 37.4 Å². The lowest BCUT2D eigenvalue weighted by molar-refractivity contribution is 0.340. The van der Waals surface area contributed by atoms with Crippen molar-refractivity contribution in [2.24, 2.45) is 0 Å². The van der Waals surface area contributed by atoms with Crippen LogP contribution in [0.5, 0.6) is 5.75 Å². The molecule has 0 spiro atoms. The van der Waals surface area contributed by atoms with Crippen LogP contribution in [0.1, 0.15) is 31.7 Å². The standard InChI is InChI=1S/C13H18BrClO3S/c1-5-18-9-6-7-10(11(14)8-9)12(15)13(2,3)19(4,16)17/h6-8,12H,5H2,1-4H3. The van der Waals surface area contributed by atoms with Gasteiger partial charge >= 0.3 is 0 Å². The van der Waals surface area contributed by atoms with Crippen LogP contribution in [-0.2, 0) is 9.84 Å². The van der Waals surface area contributed by atoms with Gasteiger partial charge in [0.25, 0.3) is 0 Å². The summed E-state index contributed by atoms with van der Waals surface area (Å²) in [5.41, 5.74) is 0.737. The maximum Gasteiger partial charge on any atom is 0.154 e. The summed E-state index contributed by atoms with van der Waals surface area (Å²) in [5.74, 6) is 0.721. The number of halogens is 2. The molecule has 1 atom stereocenters. The van der Waals surface area contributed by atoms with Crippen molar-refractivity contribution in [3.05, 3.63) is 28.2 Å². The average molecular weight is 370 g/mol. The zero-order valence-corrected chi connectivity index (χ0v) is 14.6. The van der Waals surface area contributed by atoms with Gasteiger partial charge in [-0.3, -0.25) is 0 Å². The molecule has 0 saturated heterocycles. The van der Waals surface area contributed by atoms with Crippen molar-refractivity contribution in [2.75, 3.05) is 12.9 Å². The van der Waals surface area contributed by atoms with Crippen LogP contribution in [0, 0.1) is 0 Å². The Bertz CT molecular complexity index is 555. The van der Waals surface area contributed by atoms with Gasteiger partial charge in [0.15, 0.2) is 9.84 Å². The highest BCUT2D eigenvalue weighted by atomic mass is 79.9. The third kappa shape index (κ3) is 3.64. The third-order valence-corrected chi connectivity index (χ3v) is 6.87. The topological polar surface area (TPSA) is 43.4 Å². The van der Waals surface area contributed by atoms with E-state index < -0.39 is 20.0 Å². The predicted octanol–water partition coefficient (Wildman–Crippen LogP) is 3.95. The summed E-state index contributed by atoms with van der Waals surface area (Å²) in [6, 6.07) is 5.38. The van der Waals surface area contributed by atoms with E-state index in [4.69, 9.17) is 16.3 Å². The molecule has 0 fully saturated rings. The van der Waals surface area contributed by atoms with E-state index in [-0.39, 0.29) is 0 Å². The molecule has 0 aliphatic rings. The first-order chi connectivity index (χ1) is 8.61. The van der Waals surface area contributed by atoms with Crippen LogP contribution in [0.3, 0.4) is 0 Å². The molecule has 0 radical (unpaired) electrons. The van der Waals surface area contributed by atoms with Gasteiger partial charge < -0.3 is 4.74 Å². The summed E-state index contributed by atoms with van der Waals surface area (Å²) in [6.45, 7) is 5.73. The molecule has 0 saturated carbocycles. The van der Waals surface area contributed by atoms with Crippen LogP contribution >= 0.6 is 27.5 Å². The molecule has 0 aromatic heterocycles. The number of hydrogen-bond donors (Lipinski definition) is 0. The Kier molecular flexibility index (Phi) is 5.32. The second kappa shape index (κ2) is 6.02. The van der Waals surface area contributed by atoms with Crippen LogP contribution in [0.25, 0.3) is 0 Å². The molecule has 0 heterocycles. The Morgan fingerprint density at radius 2 is 2.00 bits per heavy atom. The summed E-state index contributed by atoms with van der Waals surface area (Å²) < 4.78 is 28.7. The number of rotatable bonds is 5. The molecule has 19 heavy (non-hydrogen) atoms. The van der Waals surface area contributed by atoms with E-state index in [2.05, 4.69) is 15.9 Å². The number of ether oxygens (including phenoxy) is 1. The molecule has 1 unspecified atom stereocenters. The molecule has 1 aromatic rings. The van der Waals surface area contributed by atoms with Gasteiger partial charge in [0.2, 0.25) is 0 Å². The third-order valence-electron chi connectivity index (χ3n) is 3.12. The minimum atomic E-state index is -3.27. The lowest BCUT2D eigenvalue weighted by atomic mass is 10.0. The number of sulfone groups is 1. The molecular formula is C13H18BrClO3S. The van der Waals surface area contributed by atoms with Gasteiger partial charge in [-0.2, -0.15) is 0 Å². The van der Waals surface area contributed by atoms with Crippen molar-refractivity contribution in [3.63, 3.8) is 0 Å². The van der Waals surface area contributed by atoms with E-state index >= 15 is 0 Å². The van der Waals surface area contributed by atoms with Crippen molar-refractivity contribution in [1.29, 1.82) is 0 Å². The second-order valence-corrected chi connectivity index (χ2v) is 8.74. The molecule has 6 heteroatoms. The van der Waals surface area contributed by atoms with Gasteiger partial charge in [0, 0.05) is 10.7 Å². The van der Waals surface area contributed by atoms with Crippen molar-refractivity contribution in [1.82, 2.24) is 0 Å². The molecule has 0 N–H and O–H groups in total. The monoisotopic (exact) mass is 368 g/mol. The summed E-state index contributed by atoms with van der Waals surface area (Å²) in [7, 11) is -3.27. The molecule has 1 rings (SSSR count).